The molecule has 1 aromatic carbocycles. The first kappa shape index (κ1) is 18.7. The molecule has 0 saturated carbocycles. The smallest absolute Gasteiger partial charge is 0.410 e. The van der Waals surface area contributed by atoms with Crippen molar-refractivity contribution in [2.75, 3.05) is 13.1 Å². The van der Waals surface area contributed by atoms with E-state index < -0.39 is 0 Å². The van der Waals surface area contributed by atoms with Crippen molar-refractivity contribution in [2.24, 2.45) is 5.92 Å². The molecule has 1 aromatic heterocycles. The van der Waals surface area contributed by atoms with Gasteiger partial charge in [0, 0.05) is 25.8 Å². The van der Waals surface area contributed by atoms with Crippen molar-refractivity contribution in [3.05, 3.63) is 52.6 Å². The lowest BCUT2D eigenvalue weighted by Gasteiger charge is -2.31. The summed E-state index contributed by atoms with van der Waals surface area (Å²) in [7, 11) is 0. The number of benzene rings is 1. The van der Waals surface area contributed by atoms with Gasteiger partial charge in [-0.05, 0) is 43.0 Å². The number of nitrogens with one attached hydrogen (secondary N) is 1. The van der Waals surface area contributed by atoms with Gasteiger partial charge in [-0.2, -0.15) is 0 Å². The van der Waals surface area contributed by atoms with Crippen LogP contribution in [-0.2, 0) is 24.5 Å². The molecular formula is C19H25N3O3S. The van der Waals surface area contributed by atoms with Gasteiger partial charge < -0.3 is 24.3 Å². The van der Waals surface area contributed by atoms with E-state index in [-0.39, 0.29) is 12.7 Å². The van der Waals surface area contributed by atoms with Gasteiger partial charge in [-0.15, -0.1) is 0 Å². The molecule has 3 rings (SSSR count). The first-order valence-corrected chi connectivity index (χ1v) is 9.41. The predicted octanol–water partition coefficient (Wildman–Crippen LogP) is 3.48. The van der Waals surface area contributed by atoms with Crippen LogP contribution in [0.4, 0.5) is 4.79 Å². The summed E-state index contributed by atoms with van der Waals surface area (Å²) in [6.45, 7) is 2.54. The second-order valence-corrected chi connectivity index (χ2v) is 7.04. The number of piperidine rings is 1. The molecule has 6 nitrogen and oxygen atoms in total. The Kier molecular flexibility index (Phi) is 6.46. The maximum absolute atomic E-state index is 12.2. The van der Waals surface area contributed by atoms with Crippen molar-refractivity contribution in [2.45, 2.75) is 39.0 Å². The Morgan fingerprint density at radius 2 is 2.00 bits per heavy atom. The average molecular weight is 375 g/mol. The van der Waals surface area contributed by atoms with Crippen molar-refractivity contribution in [3.8, 4) is 0 Å². The molecule has 0 unspecified atom stereocenters. The lowest BCUT2D eigenvalue weighted by molar-refractivity contribution is 0.0810. The van der Waals surface area contributed by atoms with Gasteiger partial charge in [-0.25, -0.2) is 4.79 Å². The van der Waals surface area contributed by atoms with Gasteiger partial charge in [0.05, 0.1) is 12.3 Å². The lowest BCUT2D eigenvalue weighted by Crippen LogP contribution is -2.39. The van der Waals surface area contributed by atoms with Crippen LogP contribution in [0.25, 0.3) is 0 Å². The number of nitrogens with zero attached hydrogens (tertiary/aromatic N) is 2. The summed E-state index contributed by atoms with van der Waals surface area (Å²) < 4.78 is 8.01. The number of aromatic nitrogens is 2. The van der Waals surface area contributed by atoms with Gasteiger partial charge in [0.15, 0.2) is 4.77 Å². The number of carbonyl (C=O) groups is 1. The molecule has 1 aliphatic rings. The predicted molar refractivity (Wildman–Crippen MR) is 101 cm³/mol. The van der Waals surface area contributed by atoms with Crippen LogP contribution in [0, 0.1) is 10.7 Å². The Morgan fingerprint density at radius 1 is 1.27 bits per heavy atom. The minimum absolute atomic E-state index is 0.0150. The van der Waals surface area contributed by atoms with E-state index in [1.807, 2.05) is 34.9 Å². The third kappa shape index (κ3) is 4.74. The highest BCUT2D eigenvalue weighted by molar-refractivity contribution is 7.71. The van der Waals surface area contributed by atoms with Gasteiger partial charge in [0.2, 0.25) is 0 Å². The van der Waals surface area contributed by atoms with E-state index in [4.69, 9.17) is 17.0 Å². The Bertz CT molecular complexity index is 764. The van der Waals surface area contributed by atoms with E-state index in [1.165, 1.54) is 0 Å². The van der Waals surface area contributed by atoms with Crippen LogP contribution >= 0.6 is 12.2 Å². The summed E-state index contributed by atoms with van der Waals surface area (Å²) in [6.07, 6.45) is 4.45. The summed E-state index contributed by atoms with van der Waals surface area (Å²) in [5.74, 6) is 0.552. The van der Waals surface area contributed by atoms with E-state index in [0.29, 0.717) is 17.3 Å². The summed E-state index contributed by atoms with van der Waals surface area (Å²) in [4.78, 5) is 17.0. The minimum Gasteiger partial charge on any atom is -0.445 e. The Morgan fingerprint density at radius 3 is 2.69 bits per heavy atom. The molecule has 0 atom stereocenters. The molecule has 140 valence electrons. The van der Waals surface area contributed by atoms with Crippen LogP contribution in [0.3, 0.4) is 0 Å². The van der Waals surface area contributed by atoms with Crippen molar-refractivity contribution in [3.63, 3.8) is 0 Å². The zero-order valence-electron chi connectivity index (χ0n) is 14.8. The third-order valence-electron chi connectivity index (χ3n) is 4.95. The van der Waals surface area contributed by atoms with E-state index in [1.54, 1.807) is 11.1 Å². The monoisotopic (exact) mass is 375 g/mol. The number of likely N-dealkylation sites (tertiary alicyclic amines) is 1. The average Bonchev–Trinajstić information content (AvgIpc) is 3.05. The molecule has 26 heavy (non-hydrogen) atoms. The highest BCUT2D eigenvalue weighted by Crippen LogP contribution is 2.22. The molecule has 1 aliphatic heterocycles. The van der Waals surface area contributed by atoms with Gasteiger partial charge >= 0.3 is 6.09 Å². The fraction of sp³-hybridized carbons (Fsp3) is 0.474. The standard InChI is InChI=1S/C19H25N3O3S/c23-13-17-12-20-18(26)22(17)11-8-15-6-9-21(10-7-15)19(24)25-14-16-4-2-1-3-5-16/h1-5,12,15,23H,6-11,13-14H2,(H,20,26). The maximum atomic E-state index is 12.2. The van der Waals surface area contributed by atoms with Gasteiger partial charge in [-0.1, -0.05) is 30.3 Å². The molecule has 0 bridgehead atoms. The summed E-state index contributed by atoms with van der Waals surface area (Å²) >= 11 is 5.26. The molecule has 2 heterocycles. The zero-order chi connectivity index (χ0) is 18.4. The first-order chi connectivity index (χ1) is 12.7. The number of aromatic amines is 1. The molecule has 2 N–H and O–H groups in total. The van der Waals surface area contributed by atoms with Crippen LogP contribution in [0.5, 0.6) is 0 Å². The van der Waals surface area contributed by atoms with Gasteiger partial charge in [0.1, 0.15) is 6.61 Å². The zero-order valence-corrected chi connectivity index (χ0v) is 15.6. The maximum Gasteiger partial charge on any atom is 0.410 e. The van der Waals surface area contributed by atoms with Crippen molar-refractivity contribution >= 4 is 18.3 Å². The SMILES string of the molecule is O=C(OCc1ccccc1)N1CCC(CCn2c(CO)c[nH]c2=S)CC1. The number of H-pyrrole nitrogens is 1. The number of ether oxygens (including phenoxy) is 1. The Hall–Kier alpha value is -2.12. The largest absolute Gasteiger partial charge is 0.445 e. The van der Waals surface area contributed by atoms with Crippen LogP contribution in [0.15, 0.2) is 36.5 Å². The molecular weight excluding hydrogens is 350 g/mol. The van der Waals surface area contributed by atoms with E-state index in [0.717, 1.165) is 50.2 Å². The van der Waals surface area contributed by atoms with E-state index in [2.05, 4.69) is 4.98 Å². The van der Waals surface area contributed by atoms with E-state index in [9.17, 15) is 9.90 Å². The van der Waals surface area contributed by atoms with Crippen LogP contribution in [0.2, 0.25) is 0 Å². The highest BCUT2D eigenvalue weighted by atomic mass is 32.1. The molecule has 0 spiro atoms. The number of hydrogen-bond acceptors (Lipinski definition) is 4. The molecule has 1 fully saturated rings. The number of amides is 1. The fourth-order valence-electron chi connectivity index (χ4n) is 3.33. The van der Waals surface area contributed by atoms with Crippen molar-refractivity contribution in [1.29, 1.82) is 0 Å². The molecule has 7 heteroatoms. The van der Waals surface area contributed by atoms with E-state index >= 15 is 0 Å². The normalized spacial score (nSPS) is 15.2. The number of carbonyl (C=O) groups excluding carboxylic acids is 1. The Labute approximate surface area is 158 Å². The van der Waals surface area contributed by atoms with Crippen molar-refractivity contribution < 1.29 is 14.6 Å². The summed E-state index contributed by atoms with van der Waals surface area (Å²) in [5, 5.41) is 9.35. The summed E-state index contributed by atoms with van der Waals surface area (Å²) in [5.41, 5.74) is 1.82. The van der Waals surface area contributed by atoms with Crippen molar-refractivity contribution in [1.82, 2.24) is 14.5 Å². The number of imidazole rings is 1. The topological polar surface area (TPSA) is 70.5 Å². The highest BCUT2D eigenvalue weighted by Gasteiger charge is 2.23. The fourth-order valence-corrected chi connectivity index (χ4v) is 3.60. The number of aliphatic hydroxyl groups is 1. The molecule has 1 amide bonds. The van der Waals surface area contributed by atoms with Crippen LogP contribution < -0.4 is 0 Å². The number of rotatable bonds is 6. The van der Waals surface area contributed by atoms with Gasteiger partial charge in [-0.3, -0.25) is 0 Å². The number of aliphatic hydroxyl groups excluding tert-OH is 1. The molecule has 0 radical (unpaired) electrons. The number of hydrogen-bond donors (Lipinski definition) is 2. The molecule has 1 saturated heterocycles. The van der Waals surface area contributed by atoms with Crippen LogP contribution in [-0.4, -0.2) is 38.7 Å². The summed E-state index contributed by atoms with van der Waals surface area (Å²) in [6, 6.07) is 9.72. The lowest BCUT2D eigenvalue weighted by atomic mass is 9.94. The first-order valence-electron chi connectivity index (χ1n) is 9.01. The molecule has 2 aromatic rings. The van der Waals surface area contributed by atoms with Crippen LogP contribution in [0.1, 0.15) is 30.5 Å². The molecule has 0 aliphatic carbocycles. The second-order valence-electron chi connectivity index (χ2n) is 6.65. The minimum atomic E-state index is -0.234. The van der Waals surface area contributed by atoms with Gasteiger partial charge in [0.25, 0.3) is 0 Å². The Balaban J connectivity index is 1.41. The third-order valence-corrected chi connectivity index (χ3v) is 5.29. The quantitative estimate of drug-likeness (QED) is 0.759. The second kappa shape index (κ2) is 9.00.